The number of hydrogen-bond acceptors (Lipinski definition) is 6. The Balaban J connectivity index is 2.07. The SMILES string of the molecule is CCC(=NOC(=O)c1ccc(OC)cc1)C(=O)c1cccs1. The van der Waals surface area contributed by atoms with E-state index in [1.54, 1.807) is 50.4 Å². The van der Waals surface area contributed by atoms with Crippen LogP contribution in [0.3, 0.4) is 0 Å². The third-order valence-corrected chi connectivity index (χ3v) is 3.78. The Kier molecular flexibility index (Phi) is 5.43. The van der Waals surface area contributed by atoms with Crippen molar-refractivity contribution in [3.8, 4) is 5.75 Å². The molecule has 0 aliphatic heterocycles. The van der Waals surface area contributed by atoms with Crippen molar-refractivity contribution in [2.24, 2.45) is 5.16 Å². The summed E-state index contributed by atoms with van der Waals surface area (Å²) in [6, 6.07) is 9.94. The maximum Gasteiger partial charge on any atom is 0.365 e. The number of rotatable bonds is 6. The summed E-state index contributed by atoms with van der Waals surface area (Å²) in [7, 11) is 1.54. The number of ketones is 1. The molecule has 0 unspecified atom stereocenters. The first-order valence-electron chi connectivity index (χ1n) is 6.66. The van der Waals surface area contributed by atoms with Gasteiger partial charge >= 0.3 is 5.97 Å². The molecule has 2 aromatic rings. The summed E-state index contributed by atoms with van der Waals surface area (Å²) in [5.41, 5.74) is 0.549. The average Bonchev–Trinajstić information content (AvgIpc) is 3.09. The molecule has 1 aromatic heterocycles. The van der Waals surface area contributed by atoms with Crippen molar-refractivity contribution in [1.29, 1.82) is 0 Å². The van der Waals surface area contributed by atoms with Crippen LogP contribution in [0, 0.1) is 0 Å². The zero-order chi connectivity index (χ0) is 15.9. The molecule has 114 valence electrons. The molecule has 0 fully saturated rings. The highest BCUT2D eigenvalue weighted by atomic mass is 32.1. The van der Waals surface area contributed by atoms with Gasteiger partial charge < -0.3 is 9.57 Å². The predicted octanol–water partition coefficient (Wildman–Crippen LogP) is 3.56. The van der Waals surface area contributed by atoms with Gasteiger partial charge in [-0.15, -0.1) is 11.3 Å². The fourth-order valence-corrected chi connectivity index (χ4v) is 2.38. The molecule has 0 aliphatic carbocycles. The Morgan fingerprint density at radius 3 is 2.45 bits per heavy atom. The van der Waals surface area contributed by atoms with E-state index in [1.807, 2.05) is 5.38 Å². The van der Waals surface area contributed by atoms with Gasteiger partial charge in [-0.1, -0.05) is 18.1 Å². The van der Waals surface area contributed by atoms with Gasteiger partial charge in [0.1, 0.15) is 11.5 Å². The van der Waals surface area contributed by atoms with E-state index in [0.29, 0.717) is 22.6 Å². The van der Waals surface area contributed by atoms with Crippen LogP contribution < -0.4 is 4.74 Å². The van der Waals surface area contributed by atoms with Crippen molar-refractivity contribution in [3.63, 3.8) is 0 Å². The summed E-state index contributed by atoms with van der Waals surface area (Å²) in [6.45, 7) is 1.78. The van der Waals surface area contributed by atoms with Gasteiger partial charge in [0, 0.05) is 0 Å². The van der Waals surface area contributed by atoms with E-state index in [1.165, 1.54) is 11.3 Å². The first-order valence-corrected chi connectivity index (χ1v) is 7.54. The average molecular weight is 317 g/mol. The first-order chi connectivity index (χ1) is 10.7. The minimum atomic E-state index is -0.618. The minimum absolute atomic E-state index is 0.212. The molecule has 22 heavy (non-hydrogen) atoms. The number of ether oxygens (including phenoxy) is 1. The standard InChI is InChI=1S/C16H15NO4S/c1-3-13(15(18)14-5-4-10-22-14)17-21-16(19)11-6-8-12(20-2)9-7-11/h4-10H,3H2,1-2H3. The van der Waals surface area contributed by atoms with Crippen LogP contribution in [0.2, 0.25) is 0 Å². The van der Waals surface area contributed by atoms with Gasteiger partial charge in [0.05, 0.1) is 17.6 Å². The lowest BCUT2D eigenvalue weighted by molar-refractivity contribution is 0.0515. The van der Waals surface area contributed by atoms with Crippen molar-refractivity contribution >= 4 is 28.8 Å². The maximum absolute atomic E-state index is 12.1. The third kappa shape index (κ3) is 3.79. The van der Waals surface area contributed by atoms with Crippen LogP contribution in [0.25, 0.3) is 0 Å². The molecule has 0 saturated carbocycles. The van der Waals surface area contributed by atoms with E-state index >= 15 is 0 Å². The van der Waals surface area contributed by atoms with Crippen molar-refractivity contribution in [2.75, 3.05) is 7.11 Å². The number of benzene rings is 1. The fraction of sp³-hybridized carbons (Fsp3) is 0.188. The van der Waals surface area contributed by atoms with E-state index in [0.717, 1.165) is 0 Å². The largest absolute Gasteiger partial charge is 0.497 e. The monoisotopic (exact) mass is 317 g/mol. The molecule has 0 aliphatic rings. The number of carbonyl (C=O) groups excluding carboxylic acids is 2. The highest BCUT2D eigenvalue weighted by Crippen LogP contribution is 2.14. The van der Waals surface area contributed by atoms with Gasteiger partial charge in [-0.2, -0.15) is 0 Å². The first kappa shape index (κ1) is 15.9. The molecule has 0 amide bonds. The van der Waals surface area contributed by atoms with Crippen LogP contribution in [0.15, 0.2) is 46.9 Å². The summed E-state index contributed by atoms with van der Waals surface area (Å²) in [5.74, 6) is -0.199. The van der Waals surface area contributed by atoms with Crippen LogP contribution in [-0.2, 0) is 4.84 Å². The summed E-state index contributed by atoms with van der Waals surface area (Å²) in [4.78, 5) is 29.5. The molecular formula is C16H15NO4S. The highest BCUT2D eigenvalue weighted by molar-refractivity contribution is 7.13. The zero-order valence-corrected chi connectivity index (χ0v) is 13.1. The van der Waals surface area contributed by atoms with Crippen molar-refractivity contribution < 1.29 is 19.2 Å². The fourth-order valence-electron chi connectivity index (χ4n) is 1.69. The van der Waals surface area contributed by atoms with Gasteiger partial charge in [0.25, 0.3) is 0 Å². The number of carbonyl (C=O) groups is 2. The van der Waals surface area contributed by atoms with E-state index in [-0.39, 0.29) is 11.5 Å². The zero-order valence-electron chi connectivity index (χ0n) is 12.2. The van der Waals surface area contributed by atoms with Gasteiger partial charge in [-0.3, -0.25) is 4.79 Å². The second kappa shape index (κ2) is 7.51. The molecule has 0 N–H and O–H groups in total. The smallest absolute Gasteiger partial charge is 0.365 e. The third-order valence-electron chi connectivity index (χ3n) is 2.91. The summed E-state index contributed by atoms with van der Waals surface area (Å²) < 4.78 is 5.01. The minimum Gasteiger partial charge on any atom is -0.497 e. The predicted molar refractivity (Wildman–Crippen MR) is 84.8 cm³/mol. The lowest BCUT2D eigenvalue weighted by Gasteiger charge is -2.03. The van der Waals surface area contributed by atoms with Gasteiger partial charge in [-0.05, 0) is 42.1 Å². The molecule has 1 heterocycles. The maximum atomic E-state index is 12.1. The molecule has 1 aromatic carbocycles. The molecular weight excluding hydrogens is 302 g/mol. The Morgan fingerprint density at radius 1 is 1.18 bits per heavy atom. The van der Waals surface area contributed by atoms with Crippen molar-refractivity contribution in [3.05, 3.63) is 52.2 Å². The molecule has 0 spiro atoms. The Bertz CT molecular complexity index is 675. The number of nitrogens with zero attached hydrogens (tertiary/aromatic N) is 1. The topological polar surface area (TPSA) is 65.0 Å². The number of oxime groups is 1. The quantitative estimate of drug-likeness (QED) is 0.354. The molecule has 2 rings (SSSR count). The molecule has 6 heteroatoms. The molecule has 0 saturated heterocycles. The van der Waals surface area contributed by atoms with E-state index in [2.05, 4.69) is 5.16 Å². The number of Topliss-reactive ketones (excluding diaryl/α,β-unsaturated/α-hetero) is 1. The van der Waals surface area contributed by atoms with Gasteiger partial charge in [0.15, 0.2) is 0 Å². The van der Waals surface area contributed by atoms with Crippen LogP contribution in [0.1, 0.15) is 33.4 Å². The second-order valence-electron chi connectivity index (χ2n) is 4.31. The molecule has 0 atom stereocenters. The summed E-state index contributed by atoms with van der Waals surface area (Å²) >= 11 is 1.32. The summed E-state index contributed by atoms with van der Waals surface area (Å²) in [6.07, 6.45) is 0.382. The lowest BCUT2D eigenvalue weighted by Crippen LogP contribution is -2.14. The number of hydrogen-bond donors (Lipinski definition) is 0. The van der Waals surface area contributed by atoms with Crippen LogP contribution in [0.5, 0.6) is 5.75 Å². The van der Waals surface area contributed by atoms with E-state index < -0.39 is 5.97 Å². The van der Waals surface area contributed by atoms with Gasteiger partial charge in [0.2, 0.25) is 5.78 Å². The Morgan fingerprint density at radius 2 is 1.91 bits per heavy atom. The van der Waals surface area contributed by atoms with Gasteiger partial charge in [-0.25, -0.2) is 4.79 Å². The molecule has 0 bridgehead atoms. The number of methoxy groups -OCH3 is 1. The normalized spacial score (nSPS) is 11.1. The summed E-state index contributed by atoms with van der Waals surface area (Å²) in [5, 5.41) is 5.52. The van der Waals surface area contributed by atoms with Crippen molar-refractivity contribution in [2.45, 2.75) is 13.3 Å². The Hall–Kier alpha value is -2.47. The van der Waals surface area contributed by atoms with Crippen LogP contribution >= 0.6 is 11.3 Å². The lowest BCUT2D eigenvalue weighted by atomic mass is 10.2. The van der Waals surface area contributed by atoms with E-state index in [4.69, 9.17) is 9.57 Å². The molecule has 0 radical (unpaired) electrons. The Labute approximate surface area is 132 Å². The highest BCUT2D eigenvalue weighted by Gasteiger charge is 2.15. The van der Waals surface area contributed by atoms with E-state index in [9.17, 15) is 9.59 Å². The van der Waals surface area contributed by atoms with Crippen molar-refractivity contribution in [1.82, 2.24) is 0 Å². The second-order valence-corrected chi connectivity index (χ2v) is 5.25. The van der Waals surface area contributed by atoms with Crippen LogP contribution in [-0.4, -0.2) is 24.6 Å². The molecule has 5 nitrogen and oxygen atoms in total. The van der Waals surface area contributed by atoms with Crippen LogP contribution in [0.4, 0.5) is 0 Å². The number of thiophene rings is 1.